The molecule has 9 heteroatoms. The Kier molecular flexibility index (Phi) is 5.65. The molecule has 0 aliphatic carbocycles. The Morgan fingerprint density at radius 2 is 1.81 bits per heavy atom. The van der Waals surface area contributed by atoms with Crippen LogP contribution in [0.1, 0.15) is 32.9 Å². The Labute approximate surface area is 179 Å². The minimum absolute atomic E-state index is 0.285. The number of hydrogen-bond acceptors (Lipinski definition) is 6. The Bertz CT molecular complexity index is 1220. The molecule has 31 heavy (non-hydrogen) atoms. The number of hydrogen-bond donors (Lipinski definition) is 1. The van der Waals surface area contributed by atoms with Gasteiger partial charge in [0, 0.05) is 29.4 Å². The third-order valence-electron chi connectivity index (χ3n) is 4.95. The lowest BCUT2D eigenvalue weighted by atomic mass is 10.1. The van der Waals surface area contributed by atoms with Crippen molar-refractivity contribution in [3.63, 3.8) is 0 Å². The zero-order chi connectivity index (χ0) is 21.8. The maximum Gasteiger partial charge on any atom is 0.271 e. The van der Waals surface area contributed by atoms with E-state index in [2.05, 4.69) is 31.0 Å². The van der Waals surface area contributed by atoms with E-state index in [1.165, 1.54) is 4.80 Å². The van der Waals surface area contributed by atoms with Gasteiger partial charge in [-0.1, -0.05) is 42.5 Å². The van der Waals surface area contributed by atoms with Crippen LogP contribution in [-0.2, 0) is 13.6 Å². The lowest BCUT2D eigenvalue weighted by Crippen LogP contribution is -2.17. The van der Waals surface area contributed by atoms with Crippen LogP contribution in [0.15, 0.2) is 59.7 Å². The molecule has 0 bridgehead atoms. The van der Waals surface area contributed by atoms with Gasteiger partial charge in [-0.2, -0.15) is 15.0 Å². The molecule has 4 rings (SSSR count). The van der Waals surface area contributed by atoms with Crippen molar-refractivity contribution in [2.24, 2.45) is 12.1 Å². The summed E-state index contributed by atoms with van der Waals surface area (Å²) < 4.78 is 1.78. The van der Waals surface area contributed by atoms with E-state index >= 15 is 0 Å². The van der Waals surface area contributed by atoms with Crippen molar-refractivity contribution in [2.75, 3.05) is 0 Å². The van der Waals surface area contributed by atoms with Crippen molar-refractivity contribution in [2.45, 2.75) is 20.4 Å². The molecule has 4 aromatic rings. The van der Waals surface area contributed by atoms with E-state index in [9.17, 15) is 4.79 Å². The Hall–Kier alpha value is -4.14. The third kappa shape index (κ3) is 4.55. The van der Waals surface area contributed by atoms with E-state index in [0.29, 0.717) is 17.9 Å². The summed E-state index contributed by atoms with van der Waals surface area (Å²) in [5.41, 5.74) is 7.68. The van der Waals surface area contributed by atoms with Gasteiger partial charge in [0.25, 0.3) is 5.91 Å². The number of nitrogens with one attached hydrogen (secondary N) is 1. The van der Waals surface area contributed by atoms with Gasteiger partial charge >= 0.3 is 0 Å². The molecule has 0 saturated heterocycles. The molecular weight excluding hydrogens is 392 g/mol. The number of hydrazone groups is 1. The molecule has 0 saturated carbocycles. The summed E-state index contributed by atoms with van der Waals surface area (Å²) in [6, 6.07) is 16.9. The van der Waals surface area contributed by atoms with Crippen LogP contribution in [0.5, 0.6) is 0 Å². The smallest absolute Gasteiger partial charge is 0.271 e. The second-order valence-electron chi connectivity index (χ2n) is 7.11. The maximum atomic E-state index is 12.4. The van der Waals surface area contributed by atoms with Crippen LogP contribution >= 0.6 is 0 Å². The molecule has 2 aromatic heterocycles. The van der Waals surface area contributed by atoms with Gasteiger partial charge in [0.1, 0.15) is 0 Å². The first-order chi connectivity index (χ1) is 15.0. The average Bonchev–Trinajstić information content (AvgIpc) is 3.34. The van der Waals surface area contributed by atoms with Crippen LogP contribution in [0, 0.1) is 13.8 Å². The highest BCUT2D eigenvalue weighted by Gasteiger charge is 2.09. The summed E-state index contributed by atoms with van der Waals surface area (Å²) in [5, 5.41) is 21.0. The Balaban J connectivity index is 1.37. The number of carbonyl (C=O) groups is 1. The van der Waals surface area contributed by atoms with Gasteiger partial charge in [0.05, 0.1) is 18.5 Å². The summed E-state index contributed by atoms with van der Waals surface area (Å²) in [7, 11) is 1.87. The molecule has 0 aliphatic rings. The summed E-state index contributed by atoms with van der Waals surface area (Å²) in [5.74, 6) is 0.292. The van der Waals surface area contributed by atoms with Gasteiger partial charge in [0.15, 0.2) is 0 Å². The van der Waals surface area contributed by atoms with Gasteiger partial charge in [-0.15, -0.1) is 10.2 Å². The lowest BCUT2D eigenvalue weighted by molar-refractivity contribution is 0.0955. The van der Waals surface area contributed by atoms with Gasteiger partial charge in [-0.25, -0.2) is 5.43 Å². The zero-order valence-corrected chi connectivity index (χ0v) is 17.5. The fourth-order valence-corrected chi connectivity index (χ4v) is 3.13. The molecule has 1 N–H and O–H groups in total. The molecule has 0 fully saturated rings. The number of carbonyl (C=O) groups excluding carboxylic acids is 1. The van der Waals surface area contributed by atoms with E-state index in [1.54, 1.807) is 23.0 Å². The van der Waals surface area contributed by atoms with E-state index in [4.69, 9.17) is 0 Å². The minimum atomic E-state index is -0.285. The monoisotopic (exact) mass is 414 g/mol. The first-order valence-electron chi connectivity index (χ1n) is 9.77. The lowest BCUT2D eigenvalue weighted by Gasteiger charge is -2.03. The molecule has 1 amide bonds. The molecule has 0 aliphatic heterocycles. The minimum Gasteiger partial charge on any atom is -0.272 e. The van der Waals surface area contributed by atoms with E-state index < -0.39 is 0 Å². The van der Waals surface area contributed by atoms with E-state index in [-0.39, 0.29) is 5.91 Å². The molecule has 0 radical (unpaired) electrons. The Morgan fingerprint density at radius 3 is 2.48 bits per heavy atom. The standard InChI is InChI=1S/C22H22N8O/c1-15-20(16(2)29(3)26-15)13-23-25-22(31)19-11-9-17(10-12-19)14-30-27-21(24-28-30)18-7-5-4-6-8-18/h4-13H,14H2,1-3H3,(H,25,31)/b23-13-. The fourth-order valence-electron chi connectivity index (χ4n) is 3.13. The highest BCUT2D eigenvalue weighted by molar-refractivity contribution is 5.95. The quantitative estimate of drug-likeness (QED) is 0.386. The second-order valence-corrected chi connectivity index (χ2v) is 7.11. The molecule has 9 nitrogen and oxygen atoms in total. The van der Waals surface area contributed by atoms with Crippen molar-refractivity contribution in [3.05, 3.63) is 82.7 Å². The van der Waals surface area contributed by atoms with Crippen LogP contribution < -0.4 is 5.43 Å². The predicted octanol–water partition coefficient (Wildman–Crippen LogP) is 2.50. The topological polar surface area (TPSA) is 103 Å². The highest BCUT2D eigenvalue weighted by atomic mass is 16.2. The molecular formula is C22H22N8O. The largest absolute Gasteiger partial charge is 0.272 e. The van der Waals surface area contributed by atoms with Crippen LogP contribution in [0.2, 0.25) is 0 Å². The van der Waals surface area contributed by atoms with Gasteiger partial charge < -0.3 is 0 Å². The highest BCUT2D eigenvalue weighted by Crippen LogP contribution is 2.13. The molecule has 0 atom stereocenters. The van der Waals surface area contributed by atoms with Crippen molar-refractivity contribution < 1.29 is 4.79 Å². The number of benzene rings is 2. The summed E-state index contributed by atoms with van der Waals surface area (Å²) >= 11 is 0. The first kappa shape index (κ1) is 20.1. The summed E-state index contributed by atoms with van der Waals surface area (Å²) in [6.45, 7) is 4.32. The Morgan fingerprint density at radius 1 is 1.06 bits per heavy atom. The van der Waals surface area contributed by atoms with Gasteiger partial charge in [0.2, 0.25) is 5.82 Å². The van der Waals surface area contributed by atoms with Crippen LogP contribution in [-0.4, -0.2) is 42.1 Å². The number of rotatable bonds is 6. The van der Waals surface area contributed by atoms with Crippen LogP contribution in [0.4, 0.5) is 0 Å². The molecule has 156 valence electrons. The van der Waals surface area contributed by atoms with E-state index in [0.717, 1.165) is 28.1 Å². The first-order valence-corrected chi connectivity index (χ1v) is 9.77. The number of nitrogens with zero attached hydrogens (tertiary/aromatic N) is 7. The molecule has 0 spiro atoms. The molecule has 2 heterocycles. The van der Waals surface area contributed by atoms with Gasteiger partial charge in [-0.3, -0.25) is 9.48 Å². The number of aromatic nitrogens is 6. The average molecular weight is 414 g/mol. The molecule has 0 unspecified atom stereocenters. The zero-order valence-electron chi connectivity index (χ0n) is 17.5. The number of tetrazole rings is 1. The van der Waals surface area contributed by atoms with Gasteiger partial charge in [-0.05, 0) is 36.8 Å². The van der Waals surface area contributed by atoms with Crippen molar-refractivity contribution in [3.8, 4) is 11.4 Å². The van der Waals surface area contributed by atoms with E-state index in [1.807, 2.05) is 63.4 Å². The predicted molar refractivity (Wildman–Crippen MR) is 117 cm³/mol. The van der Waals surface area contributed by atoms with Crippen molar-refractivity contribution in [1.82, 2.24) is 35.4 Å². The third-order valence-corrected chi connectivity index (χ3v) is 4.95. The fraction of sp³-hybridized carbons (Fsp3) is 0.182. The maximum absolute atomic E-state index is 12.4. The van der Waals surface area contributed by atoms with Crippen LogP contribution in [0.3, 0.4) is 0 Å². The summed E-state index contributed by atoms with van der Waals surface area (Å²) in [4.78, 5) is 13.9. The van der Waals surface area contributed by atoms with Crippen LogP contribution in [0.25, 0.3) is 11.4 Å². The second kappa shape index (κ2) is 8.70. The molecule has 2 aromatic carbocycles. The van der Waals surface area contributed by atoms with Crippen molar-refractivity contribution in [1.29, 1.82) is 0 Å². The number of aryl methyl sites for hydroxylation is 2. The number of amides is 1. The normalized spacial score (nSPS) is 11.2. The van der Waals surface area contributed by atoms with Crippen molar-refractivity contribution >= 4 is 12.1 Å². The SMILES string of the molecule is Cc1nn(C)c(C)c1/C=N\NC(=O)c1ccc(Cn2nnc(-c3ccccc3)n2)cc1. The summed E-state index contributed by atoms with van der Waals surface area (Å²) in [6.07, 6.45) is 1.62.